The minimum atomic E-state index is -1.05. The molecule has 1 aromatic heterocycles. The Kier molecular flexibility index (Phi) is 4.83. The van der Waals surface area contributed by atoms with Crippen LogP contribution in [-0.2, 0) is 4.79 Å². The molecule has 2 aromatic carbocycles. The van der Waals surface area contributed by atoms with E-state index < -0.39 is 5.60 Å². The number of hydrogen-bond donors (Lipinski definition) is 1. The number of carbonyl (C=O) groups is 1. The zero-order valence-electron chi connectivity index (χ0n) is 14.0. The zero-order valence-corrected chi connectivity index (χ0v) is 15.6. The Balaban J connectivity index is 1.79. The molecular formula is C18H17ClN2O3S. The summed E-state index contributed by atoms with van der Waals surface area (Å²) in [6, 6.07) is 12.7. The molecule has 0 unspecified atom stereocenters. The number of fused-ring (bicyclic) bond motifs is 1. The predicted molar refractivity (Wildman–Crippen MR) is 101 cm³/mol. The summed E-state index contributed by atoms with van der Waals surface area (Å²) < 4.78 is 11.9. The topological polar surface area (TPSA) is 60.5 Å². The van der Waals surface area contributed by atoms with E-state index in [1.54, 1.807) is 45.2 Å². The molecule has 1 amide bonds. The van der Waals surface area contributed by atoms with Gasteiger partial charge in [-0.2, -0.15) is 0 Å². The van der Waals surface area contributed by atoms with Gasteiger partial charge in [0.1, 0.15) is 11.5 Å². The Labute approximate surface area is 154 Å². The largest absolute Gasteiger partial charge is 0.495 e. The summed E-state index contributed by atoms with van der Waals surface area (Å²) in [6.07, 6.45) is 0. The maximum Gasteiger partial charge on any atom is 0.269 e. The van der Waals surface area contributed by atoms with Gasteiger partial charge in [0.25, 0.3) is 5.91 Å². The van der Waals surface area contributed by atoms with Gasteiger partial charge in [0.2, 0.25) is 0 Å². The zero-order chi connectivity index (χ0) is 18.0. The Morgan fingerprint density at radius 1 is 1.24 bits per heavy atom. The van der Waals surface area contributed by atoms with Crippen LogP contribution < -0.4 is 14.8 Å². The number of benzene rings is 2. The molecular weight excluding hydrogens is 360 g/mol. The number of carbonyl (C=O) groups excluding carboxylic acids is 1. The van der Waals surface area contributed by atoms with Crippen molar-refractivity contribution in [2.45, 2.75) is 19.4 Å². The maximum absolute atomic E-state index is 12.6. The number of nitrogens with one attached hydrogen (secondary N) is 1. The molecule has 3 rings (SSSR count). The molecule has 1 N–H and O–H groups in total. The molecule has 0 fully saturated rings. The van der Waals surface area contributed by atoms with Crippen LogP contribution in [0.25, 0.3) is 10.2 Å². The summed E-state index contributed by atoms with van der Waals surface area (Å²) in [5, 5.41) is 3.77. The molecule has 25 heavy (non-hydrogen) atoms. The van der Waals surface area contributed by atoms with E-state index in [1.807, 2.05) is 18.2 Å². The summed E-state index contributed by atoms with van der Waals surface area (Å²) >= 11 is 7.46. The second-order valence-electron chi connectivity index (χ2n) is 5.85. The molecule has 0 saturated heterocycles. The molecule has 130 valence electrons. The van der Waals surface area contributed by atoms with Crippen molar-refractivity contribution >= 4 is 44.2 Å². The van der Waals surface area contributed by atoms with Gasteiger partial charge in [-0.25, -0.2) is 4.98 Å². The van der Waals surface area contributed by atoms with E-state index in [9.17, 15) is 4.79 Å². The molecule has 0 bridgehead atoms. The minimum Gasteiger partial charge on any atom is -0.495 e. The van der Waals surface area contributed by atoms with Crippen LogP contribution in [0, 0.1) is 0 Å². The molecule has 0 aliphatic heterocycles. The van der Waals surface area contributed by atoms with Crippen LogP contribution in [0.4, 0.5) is 5.13 Å². The van der Waals surface area contributed by atoms with Crippen molar-refractivity contribution in [2.24, 2.45) is 0 Å². The van der Waals surface area contributed by atoms with Gasteiger partial charge in [0.15, 0.2) is 10.7 Å². The lowest BCUT2D eigenvalue weighted by Crippen LogP contribution is -2.42. The highest BCUT2D eigenvalue weighted by Crippen LogP contribution is 2.34. The van der Waals surface area contributed by atoms with Crippen LogP contribution in [0.3, 0.4) is 0 Å². The highest BCUT2D eigenvalue weighted by atomic mass is 35.5. The number of para-hydroxylation sites is 1. The van der Waals surface area contributed by atoms with E-state index in [2.05, 4.69) is 10.3 Å². The fraction of sp³-hybridized carbons (Fsp3) is 0.222. The number of methoxy groups -OCH3 is 1. The summed E-state index contributed by atoms with van der Waals surface area (Å²) in [4.78, 5) is 17.0. The van der Waals surface area contributed by atoms with E-state index in [4.69, 9.17) is 21.1 Å². The number of nitrogens with zero attached hydrogens (tertiary/aromatic N) is 1. The average Bonchev–Trinajstić information content (AvgIpc) is 2.95. The Bertz CT molecular complexity index is 909. The van der Waals surface area contributed by atoms with Gasteiger partial charge in [-0.15, -0.1) is 0 Å². The summed E-state index contributed by atoms with van der Waals surface area (Å²) in [7, 11) is 1.56. The first kappa shape index (κ1) is 17.5. The molecule has 3 aromatic rings. The van der Waals surface area contributed by atoms with Gasteiger partial charge in [-0.1, -0.05) is 41.1 Å². The van der Waals surface area contributed by atoms with E-state index in [1.165, 1.54) is 11.3 Å². The molecule has 0 radical (unpaired) electrons. The molecule has 0 saturated carbocycles. The number of amides is 1. The van der Waals surface area contributed by atoms with Crippen LogP contribution in [0.1, 0.15) is 13.8 Å². The fourth-order valence-electron chi connectivity index (χ4n) is 2.22. The average molecular weight is 377 g/mol. The lowest BCUT2D eigenvalue weighted by atomic mass is 10.1. The number of halogens is 1. The predicted octanol–water partition coefficient (Wildman–Crippen LogP) is 4.75. The van der Waals surface area contributed by atoms with Crippen molar-refractivity contribution in [3.8, 4) is 11.5 Å². The third-order valence-corrected chi connectivity index (χ3v) is 4.77. The smallest absolute Gasteiger partial charge is 0.269 e. The Hall–Kier alpha value is -2.31. The fourth-order valence-corrected chi connectivity index (χ4v) is 3.32. The monoisotopic (exact) mass is 376 g/mol. The van der Waals surface area contributed by atoms with Crippen molar-refractivity contribution in [3.63, 3.8) is 0 Å². The van der Waals surface area contributed by atoms with Crippen LogP contribution in [0.15, 0.2) is 42.5 Å². The van der Waals surface area contributed by atoms with Crippen molar-refractivity contribution in [3.05, 3.63) is 47.5 Å². The highest BCUT2D eigenvalue weighted by molar-refractivity contribution is 7.22. The van der Waals surface area contributed by atoms with E-state index in [0.29, 0.717) is 27.2 Å². The first-order chi connectivity index (χ1) is 11.9. The number of aromatic nitrogens is 1. The van der Waals surface area contributed by atoms with E-state index in [0.717, 1.165) is 4.70 Å². The van der Waals surface area contributed by atoms with Crippen molar-refractivity contribution < 1.29 is 14.3 Å². The maximum atomic E-state index is 12.6. The number of ether oxygens (including phenoxy) is 2. The summed E-state index contributed by atoms with van der Waals surface area (Å²) in [5.41, 5.74) is -0.345. The number of thiazole rings is 1. The van der Waals surface area contributed by atoms with E-state index in [-0.39, 0.29) is 5.91 Å². The van der Waals surface area contributed by atoms with Gasteiger partial charge in [0, 0.05) is 6.07 Å². The van der Waals surface area contributed by atoms with Crippen molar-refractivity contribution in [1.29, 1.82) is 0 Å². The van der Waals surface area contributed by atoms with Gasteiger partial charge in [-0.3, -0.25) is 10.1 Å². The molecule has 0 atom stereocenters. The first-order valence-electron chi connectivity index (χ1n) is 7.58. The summed E-state index contributed by atoms with van der Waals surface area (Å²) in [5.74, 6) is 0.917. The number of anilines is 1. The quantitative estimate of drug-likeness (QED) is 0.697. The highest BCUT2D eigenvalue weighted by Gasteiger charge is 2.30. The minimum absolute atomic E-state index is 0.284. The van der Waals surface area contributed by atoms with Crippen molar-refractivity contribution in [2.75, 3.05) is 12.4 Å². The number of hydrogen-bond acceptors (Lipinski definition) is 5. The molecule has 7 heteroatoms. The number of rotatable bonds is 5. The molecule has 5 nitrogen and oxygen atoms in total. The summed E-state index contributed by atoms with van der Waals surface area (Å²) in [6.45, 7) is 3.42. The molecule has 1 heterocycles. The molecule has 0 aliphatic rings. The van der Waals surface area contributed by atoms with E-state index >= 15 is 0 Å². The van der Waals surface area contributed by atoms with Crippen LogP contribution in [0.2, 0.25) is 5.02 Å². The van der Waals surface area contributed by atoms with Crippen LogP contribution in [-0.4, -0.2) is 23.6 Å². The normalized spacial score (nSPS) is 11.4. The first-order valence-corrected chi connectivity index (χ1v) is 8.78. The van der Waals surface area contributed by atoms with Gasteiger partial charge >= 0.3 is 0 Å². The van der Waals surface area contributed by atoms with Crippen molar-refractivity contribution in [1.82, 2.24) is 4.98 Å². The lowest BCUT2D eigenvalue weighted by molar-refractivity contribution is -0.128. The standard InChI is InChI=1S/C18H17ClN2O3S/c1-18(2,24-11-7-5-4-6-8-11)16(22)21-17-20-13-9-12(19)14(23-3)10-15(13)25-17/h4-10H,1-3H3,(H,20,21,22). The van der Waals surface area contributed by atoms with Crippen LogP contribution in [0.5, 0.6) is 11.5 Å². The second kappa shape index (κ2) is 6.90. The lowest BCUT2D eigenvalue weighted by Gasteiger charge is -2.24. The molecule has 0 spiro atoms. The van der Waals surface area contributed by atoms with Gasteiger partial charge in [0.05, 0.1) is 22.3 Å². The van der Waals surface area contributed by atoms with Gasteiger partial charge in [-0.05, 0) is 32.0 Å². The Morgan fingerprint density at radius 2 is 1.96 bits per heavy atom. The third kappa shape index (κ3) is 3.86. The van der Waals surface area contributed by atoms with Crippen LogP contribution >= 0.6 is 22.9 Å². The SMILES string of the molecule is COc1cc2sc(NC(=O)C(C)(C)Oc3ccccc3)nc2cc1Cl. The van der Waals surface area contributed by atoms with Gasteiger partial charge < -0.3 is 9.47 Å². The Morgan fingerprint density at radius 3 is 2.64 bits per heavy atom. The molecule has 0 aliphatic carbocycles. The third-order valence-electron chi connectivity index (χ3n) is 3.55. The second-order valence-corrected chi connectivity index (χ2v) is 7.29.